The second-order valence-corrected chi connectivity index (χ2v) is 11.9. The van der Waals surface area contributed by atoms with Gasteiger partial charge in [-0.2, -0.15) is 0 Å². The Bertz CT molecular complexity index is 2420. The molecule has 3 N–H and O–H groups in total. The van der Waals surface area contributed by atoms with Crippen molar-refractivity contribution >= 4 is 51.9 Å². The maximum Gasteiger partial charge on any atom is 0.437 e. The first-order valence-electron chi connectivity index (χ1n) is 13.7. The van der Waals surface area contributed by atoms with E-state index in [1.165, 1.54) is 0 Å². The summed E-state index contributed by atoms with van der Waals surface area (Å²) in [6, 6.07) is 29.9. The van der Waals surface area contributed by atoms with E-state index in [4.69, 9.17) is 29.9 Å². The molecule has 8 bridgehead atoms. The summed E-state index contributed by atoms with van der Waals surface area (Å²) in [6.07, 6.45) is 0. The van der Waals surface area contributed by atoms with Gasteiger partial charge in [0.2, 0.25) is 0 Å². The second kappa shape index (κ2) is 8.95. The molecule has 12 heteroatoms. The van der Waals surface area contributed by atoms with Crippen LogP contribution in [0.15, 0.2) is 97.1 Å². The zero-order chi connectivity index (χ0) is 29.6. The molecule has 0 atom stereocenters. The van der Waals surface area contributed by atoms with E-state index < -0.39 is 7.75 Å². The quantitative estimate of drug-likeness (QED) is 0.186. The second-order valence-electron chi connectivity index (χ2n) is 10.4. The Balaban J connectivity index is 1.57. The van der Waals surface area contributed by atoms with Gasteiger partial charge in [0, 0.05) is 43.8 Å². The van der Waals surface area contributed by atoms with Crippen LogP contribution < -0.4 is 0 Å². The summed E-state index contributed by atoms with van der Waals surface area (Å²) in [6.45, 7) is 0. The van der Waals surface area contributed by atoms with Gasteiger partial charge in [-0.3, -0.25) is 0 Å². The first-order chi connectivity index (χ1) is 21.4. The van der Waals surface area contributed by atoms with E-state index in [0.717, 1.165) is 26.2 Å². The van der Waals surface area contributed by atoms with Crippen LogP contribution in [0.1, 0.15) is 0 Å². The van der Waals surface area contributed by atoms with Crippen molar-refractivity contribution in [1.29, 1.82) is 0 Å². The largest absolute Gasteiger partial charge is 0.437 e. The third kappa shape index (κ3) is 3.61. The molecule has 0 amide bonds. The van der Waals surface area contributed by atoms with Gasteiger partial charge >= 0.3 is 7.75 Å². The van der Waals surface area contributed by atoms with Crippen molar-refractivity contribution in [2.75, 3.05) is 0 Å². The molecular weight excluding hydrogens is 575 g/mol. The van der Waals surface area contributed by atoms with Crippen LogP contribution in [0, 0.1) is 0 Å². The number of aromatic amines is 1. The van der Waals surface area contributed by atoms with Gasteiger partial charge in [-0.1, -0.05) is 97.1 Å². The normalized spacial score (nSPS) is 12.4. The lowest BCUT2D eigenvalue weighted by atomic mass is 10.1. The number of H-pyrrole nitrogens is 1. The fourth-order valence-electron chi connectivity index (χ4n) is 5.92. The van der Waals surface area contributed by atoms with Crippen LogP contribution in [-0.4, -0.2) is 49.0 Å². The predicted octanol–water partition coefficient (Wildman–Crippen LogP) is 6.28. The van der Waals surface area contributed by atoms with E-state index in [9.17, 15) is 14.4 Å². The standard InChI is InChI=1S/C32H19N8O3P/c41-44(42,43)40-31-23-15-7-8-16-24(23)32(40)39-30-22-14-6-4-12-20(22)28(37-30)35-26-18-10-2-1-9-17(18)25(33-26)34-27-19-11-3-5-13-21(19)29(36-27)38-31/h1-16H,(H2,41,42,43)(H,33,34,35,36,37,38,39). The minimum absolute atomic E-state index is 0.0305. The topological polar surface area (TPSA) is 156 Å². The summed E-state index contributed by atoms with van der Waals surface area (Å²) < 4.78 is 14.1. The lowest BCUT2D eigenvalue weighted by Gasteiger charge is -2.07. The monoisotopic (exact) mass is 594 g/mol. The molecule has 7 aromatic rings. The molecule has 0 saturated carbocycles. The van der Waals surface area contributed by atoms with Gasteiger partial charge in [0.25, 0.3) is 0 Å². The number of benzene rings is 4. The smallest absolute Gasteiger partial charge is 0.324 e. The van der Waals surface area contributed by atoms with Crippen molar-refractivity contribution in [3.63, 3.8) is 0 Å². The van der Waals surface area contributed by atoms with E-state index >= 15 is 0 Å². The van der Waals surface area contributed by atoms with E-state index in [2.05, 4.69) is 4.98 Å². The first-order valence-corrected chi connectivity index (χ1v) is 15.3. The summed E-state index contributed by atoms with van der Waals surface area (Å²) in [4.78, 5) is 53.9. The van der Waals surface area contributed by atoms with Crippen molar-refractivity contribution in [2.24, 2.45) is 0 Å². The fourth-order valence-corrected chi connectivity index (χ4v) is 6.72. The Morgan fingerprint density at radius 1 is 0.477 bits per heavy atom. The molecule has 5 heterocycles. The van der Waals surface area contributed by atoms with Crippen molar-refractivity contribution in [1.82, 2.24) is 39.2 Å². The Hall–Kier alpha value is -5.61. The van der Waals surface area contributed by atoms with Crippen LogP contribution in [-0.2, 0) is 4.57 Å². The third-order valence-electron chi connectivity index (χ3n) is 7.85. The Kier molecular flexibility index (Phi) is 5.07. The molecule has 0 radical (unpaired) electrons. The van der Waals surface area contributed by atoms with Crippen LogP contribution in [0.25, 0.3) is 89.7 Å². The molecule has 0 fully saturated rings. The maximum atomic E-state index is 13.2. The lowest BCUT2D eigenvalue weighted by molar-refractivity contribution is 0.364. The number of nitrogens with one attached hydrogen (secondary N) is 1. The minimum atomic E-state index is -5.00. The van der Waals surface area contributed by atoms with Gasteiger partial charge < -0.3 is 14.8 Å². The molecule has 210 valence electrons. The third-order valence-corrected chi connectivity index (χ3v) is 8.75. The molecule has 2 aliphatic heterocycles. The van der Waals surface area contributed by atoms with Crippen molar-refractivity contribution in [2.45, 2.75) is 0 Å². The number of nitrogens with zero attached hydrogens (tertiary/aromatic N) is 7. The molecule has 11 nitrogen and oxygen atoms in total. The molecular formula is C32H19N8O3P. The van der Waals surface area contributed by atoms with Gasteiger partial charge in [0.1, 0.15) is 11.3 Å². The van der Waals surface area contributed by atoms with Crippen LogP contribution in [0.2, 0.25) is 0 Å². The van der Waals surface area contributed by atoms with E-state index in [-0.39, 0.29) is 22.9 Å². The molecule has 0 aliphatic carbocycles. The van der Waals surface area contributed by atoms with Crippen LogP contribution in [0.5, 0.6) is 0 Å². The summed E-state index contributed by atoms with van der Waals surface area (Å²) in [7, 11) is -5.00. The van der Waals surface area contributed by atoms with Gasteiger partial charge in [0.05, 0.1) is 0 Å². The number of rotatable bonds is 1. The molecule has 9 rings (SSSR count). The highest BCUT2D eigenvalue weighted by Gasteiger charge is 2.28. The van der Waals surface area contributed by atoms with Crippen LogP contribution in [0.3, 0.4) is 0 Å². The first kappa shape index (κ1) is 24.9. The average molecular weight is 595 g/mol. The summed E-state index contributed by atoms with van der Waals surface area (Å²) in [5, 5.41) is 2.72. The zero-order valence-corrected chi connectivity index (χ0v) is 23.5. The highest BCUT2D eigenvalue weighted by molar-refractivity contribution is 7.50. The molecule has 0 saturated heterocycles. The SMILES string of the molecule is O=P(O)(O)n1c2nc3nc(nc4[nH]c(nc5nc(nc1c1ccccc12)-c1ccccc1-5)c1ccccc41)-c1ccccc1-3. The molecule has 0 spiro atoms. The van der Waals surface area contributed by atoms with Gasteiger partial charge in [0.15, 0.2) is 34.6 Å². The van der Waals surface area contributed by atoms with Gasteiger partial charge in [-0.15, -0.1) is 0 Å². The zero-order valence-electron chi connectivity index (χ0n) is 22.6. The van der Waals surface area contributed by atoms with Gasteiger partial charge in [-0.05, 0) is 0 Å². The summed E-state index contributed by atoms with van der Waals surface area (Å²) >= 11 is 0. The van der Waals surface area contributed by atoms with E-state index in [1.54, 1.807) is 24.3 Å². The van der Waals surface area contributed by atoms with Crippen LogP contribution >= 0.6 is 7.75 Å². The van der Waals surface area contributed by atoms with Crippen molar-refractivity contribution < 1.29 is 14.4 Å². The summed E-state index contributed by atoms with van der Waals surface area (Å²) in [5.74, 6) is 1.37. The number of hydrogen-bond acceptors (Lipinski definition) is 7. The predicted molar refractivity (Wildman–Crippen MR) is 167 cm³/mol. The Morgan fingerprint density at radius 2 is 0.818 bits per heavy atom. The molecule has 4 aromatic carbocycles. The molecule has 2 aliphatic rings. The molecule has 44 heavy (non-hydrogen) atoms. The van der Waals surface area contributed by atoms with E-state index in [1.807, 2.05) is 72.8 Å². The highest BCUT2D eigenvalue weighted by atomic mass is 31.2. The Morgan fingerprint density at radius 3 is 1.20 bits per heavy atom. The van der Waals surface area contributed by atoms with Crippen molar-refractivity contribution in [3.05, 3.63) is 97.1 Å². The summed E-state index contributed by atoms with van der Waals surface area (Å²) in [5.41, 5.74) is 4.04. The highest BCUT2D eigenvalue weighted by Crippen LogP contribution is 2.45. The number of hydrogen-bond donors (Lipinski definition) is 3. The molecule has 3 aromatic heterocycles. The number of aromatic nitrogens is 8. The minimum Gasteiger partial charge on any atom is -0.324 e. The average Bonchev–Trinajstić information content (AvgIpc) is 3.75. The van der Waals surface area contributed by atoms with Gasteiger partial charge in [-0.25, -0.2) is 38.8 Å². The van der Waals surface area contributed by atoms with Crippen molar-refractivity contribution in [3.8, 4) is 45.6 Å². The maximum absolute atomic E-state index is 13.2. The Labute approximate surface area is 247 Å². The molecule has 0 unspecified atom stereocenters. The van der Waals surface area contributed by atoms with E-state index in [0.29, 0.717) is 44.8 Å². The fraction of sp³-hybridized carbons (Fsp3) is 0. The lowest BCUT2D eigenvalue weighted by Crippen LogP contribution is -1.98. The number of fused-ring (bicyclic) bond motifs is 20. The van der Waals surface area contributed by atoms with Crippen LogP contribution in [0.4, 0.5) is 0 Å².